The molecule has 0 saturated heterocycles. The van der Waals surface area contributed by atoms with Crippen molar-refractivity contribution in [3.63, 3.8) is 0 Å². The lowest BCUT2D eigenvalue weighted by Crippen LogP contribution is -2.52. The number of para-hydroxylation sites is 1. The first-order valence-electron chi connectivity index (χ1n) is 7.41. The Bertz CT molecular complexity index is 686. The fourth-order valence-electron chi connectivity index (χ4n) is 2.79. The van der Waals surface area contributed by atoms with Gasteiger partial charge in [-0.15, -0.1) is 0 Å². The molecule has 0 saturated carbocycles. The predicted octanol–water partition coefficient (Wildman–Crippen LogP) is 2.51. The second-order valence-corrected chi connectivity index (χ2v) is 5.90. The van der Waals surface area contributed by atoms with Crippen LogP contribution in [0.5, 0.6) is 11.5 Å². The van der Waals surface area contributed by atoms with E-state index in [4.69, 9.17) is 15.2 Å². The van der Waals surface area contributed by atoms with Crippen molar-refractivity contribution < 1.29 is 14.6 Å². The van der Waals surface area contributed by atoms with Crippen molar-refractivity contribution in [1.82, 2.24) is 0 Å². The van der Waals surface area contributed by atoms with E-state index in [-0.39, 0.29) is 13.2 Å². The van der Waals surface area contributed by atoms with E-state index in [9.17, 15) is 5.11 Å². The molecule has 1 aliphatic heterocycles. The molecular weight excluding hydrogens is 278 g/mol. The van der Waals surface area contributed by atoms with E-state index in [2.05, 4.69) is 6.07 Å². The van der Waals surface area contributed by atoms with Crippen molar-refractivity contribution in [2.24, 2.45) is 5.73 Å². The number of aliphatic hydroxyl groups is 1. The van der Waals surface area contributed by atoms with Gasteiger partial charge in [0.05, 0.1) is 0 Å². The van der Waals surface area contributed by atoms with Crippen molar-refractivity contribution in [2.75, 3.05) is 13.2 Å². The summed E-state index contributed by atoms with van der Waals surface area (Å²) in [7, 11) is 0. The minimum Gasteiger partial charge on any atom is -0.490 e. The summed E-state index contributed by atoms with van der Waals surface area (Å²) >= 11 is 0. The average molecular weight is 299 g/mol. The molecule has 116 valence electrons. The molecule has 22 heavy (non-hydrogen) atoms. The molecule has 0 radical (unpaired) electrons. The van der Waals surface area contributed by atoms with Crippen LogP contribution < -0.4 is 15.2 Å². The Hall–Kier alpha value is -2.04. The second-order valence-electron chi connectivity index (χ2n) is 5.90. The van der Waals surface area contributed by atoms with E-state index in [1.807, 2.05) is 50.2 Å². The van der Waals surface area contributed by atoms with Crippen molar-refractivity contribution >= 4 is 0 Å². The molecule has 0 fully saturated rings. The van der Waals surface area contributed by atoms with Gasteiger partial charge in [0, 0.05) is 12.1 Å². The molecule has 2 atom stereocenters. The van der Waals surface area contributed by atoms with E-state index < -0.39 is 11.7 Å². The lowest BCUT2D eigenvalue weighted by Gasteiger charge is -2.40. The minimum absolute atomic E-state index is 0.0664. The minimum atomic E-state index is -1.24. The Kier molecular flexibility index (Phi) is 3.81. The molecule has 2 aromatic rings. The van der Waals surface area contributed by atoms with Gasteiger partial charge in [-0.25, -0.2) is 0 Å². The fraction of sp³-hybridized carbons (Fsp3) is 0.333. The number of hydrogen-bond donors (Lipinski definition) is 2. The maximum absolute atomic E-state index is 10.8. The maximum Gasteiger partial charge on any atom is 0.160 e. The number of aryl methyl sites for hydroxylation is 2. The topological polar surface area (TPSA) is 64.7 Å². The zero-order chi connectivity index (χ0) is 15.7. The van der Waals surface area contributed by atoms with Gasteiger partial charge in [0.2, 0.25) is 0 Å². The first-order valence-corrected chi connectivity index (χ1v) is 7.41. The van der Waals surface area contributed by atoms with Crippen LogP contribution in [0.2, 0.25) is 0 Å². The molecule has 0 aromatic heterocycles. The van der Waals surface area contributed by atoms with Gasteiger partial charge in [-0.1, -0.05) is 35.9 Å². The van der Waals surface area contributed by atoms with Crippen molar-refractivity contribution in [2.45, 2.75) is 25.6 Å². The van der Waals surface area contributed by atoms with Crippen LogP contribution in [0, 0.1) is 13.8 Å². The SMILES string of the molecule is Cc1ccc(OC2c3ccccc3OCC2(O)CN)c(C)c1. The van der Waals surface area contributed by atoms with Gasteiger partial charge in [0.15, 0.2) is 11.7 Å². The monoisotopic (exact) mass is 299 g/mol. The third kappa shape index (κ3) is 2.56. The van der Waals surface area contributed by atoms with Crippen molar-refractivity contribution in [1.29, 1.82) is 0 Å². The van der Waals surface area contributed by atoms with Gasteiger partial charge in [-0.3, -0.25) is 0 Å². The summed E-state index contributed by atoms with van der Waals surface area (Å²) in [5, 5.41) is 10.8. The third-order valence-electron chi connectivity index (χ3n) is 4.10. The van der Waals surface area contributed by atoms with E-state index in [0.29, 0.717) is 0 Å². The predicted molar refractivity (Wildman–Crippen MR) is 85.2 cm³/mol. The van der Waals surface area contributed by atoms with Crippen LogP contribution in [0.4, 0.5) is 0 Å². The Morgan fingerprint density at radius 1 is 1.27 bits per heavy atom. The van der Waals surface area contributed by atoms with Gasteiger partial charge < -0.3 is 20.3 Å². The summed E-state index contributed by atoms with van der Waals surface area (Å²) in [6, 6.07) is 13.6. The Labute approximate surface area is 130 Å². The van der Waals surface area contributed by atoms with Crippen LogP contribution >= 0.6 is 0 Å². The molecule has 0 spiro atoms. The van der Waals surface area contributed by atoms with Gasteiger partial charge in [-0.2, -0.15) is 0 Å². The molecule has 4 heteroatoms. The van der Waals surface area contributed by atoms with Gasteiger partial charge >= 0.3 is 0 Å². The summed E-state index contributed by atoms with van der Waals surface area (Å²) in [6.45, 7) is 4.22. The molecule has 2 aromatic carbocycles. The lowest BCUT2D eigenvalue weighted by atomic mass is 9.88. The molecular formula is C18H21NO3. The van der Waals surface area contributed by atoms with E-state index in [0.717, 1.165) is 22.6 Å². The Morgan fingerprint density at radius 3 is 2.77 bits per heavy atom. The van der Waals surface area contributed by atoms with E-state index >= 15 is 0 Å². The summed E-state index contributed by atoms with van der Waals surface area (Å²) in [4.78, 5) is 0. The zero-order valence-electron chi connectivity index (χ0n) is 12.9. The number of benzene rings is 2. The van der Waals surface area contributed by atoms with Crippen molar-refractivity contribution in [3.05, 3.63) is 59.2 Å². The highest BCUT2D eigenvalue weighted by Crippen LogP contribution is 2.40. The fourth-order valence-corrected chi connectivity index (χ4v) is 2.79. The summed E-state index contributed by atoms with van der Waals surface area (Å²) < 4.78 is 11.8. The number of rotatable bonds is 3. The molecule has 0 aliphatic carbocycles. The zero-order valence-corrected chi connectivity index (χ0v) is 12.9. The first-order chi connectivity index (χ1) is 10.5. The van der Waals surface area contributed by atoms with Gasteiger partial charge in [-0.05, 0) is 31.5 Å². The molecule has 1 heterocycles. The van der Waals surface area contributed by atoms with Crippen LogP contribution in [-0.2, 0) is 0 Å². The maximum atomic E-state index is 10.8. The van der Waals surface area contributed by atoms with Gasteiger partial charge in [0.25, 0.3) is 0 Å². The molecule has 0 bridgehead atoms. The van der Waals surface area contributed by atoms with E-state index in [1.165, 1.54) is 5.56 Å². The summed E-state index contributed by atoms with van der Waals surface area (Å²) in [6.07, 6.45) is -0.552. The highest BCUT2D eigenvalue weighted by Gasteiger charge is 2.44. The third-order valence-corrected chi connectivity index (χ3v) is 4.10. The molecule has 2 unspecified atom stereocenters. The van der Waals surface area contributed by atoms with Crippen LogP contribution in [0.1, 0.15) is 22.8 Å². The van der Waals surface area contributed by atoms with Crippen LogP contribution in [0.25, 0.3) is 0 Å². The Morgan fingerprint density at radius 2 is 2.05 bits per heavy atom. The highest BCUT2D eigenvalue weighted by atomic mass is 16.5. The number of hydrogen-bond acceptors (Lipinski definition) is 4. The molecule has 4 nitrogen and oxygen atoms in total. The number of fused-ring (bicyclic) bond motifs is 1. The standard InChI is InChI=1S/C18H21NO3/c1-12-7-8-15(13(2)9-12)22-17-14-5-3-4-6-16(14)21-11-18(17,20)10-19/h3-9,17,20H,10-11,19H2,1-2H3. The number of nitrogens with two attached hydrogens (primary N) is 1. The normalized spacial score (nSPS) is 23.5. The van der Waals surface area contributed by atoms with Crippen LogP contribution in [0.15, 0.2) is 42.5 Å². The molecule has 3 N–H and O–H groups in total. The second kappa shape index (κ2) is 5.63. The molecule has 3 rings (SSSR count). The largest absolute Gasteiger partial charge is 0.490 e. The highest BCUT2D eigenvalue weighted by molar-refractivity contribution is 5.42. The average Bonchev–Trinajstić information content (AvgIpc) is 2.52. The van der Waals surface area contributed by atoms with E-state index in [1.54, 1.807) is 0 Å². The Balaban J connectivity index is 2.01. The molecule has 0 amide bonds. The van der Waals surface area contributed by atoms with Gasteiger partial charge in [0.1, 0.15) is 18.1 Å². The quantitative estimate of drug-likeness (QED) is 0.914. The van der Waals surface area contributed by atoms with Crippen LogP contribution in [0.3, 0.4) is 0 Å². The van der Waals surface area contributed by atoms with Crippen LogP contribution in [-0.4, -0.2) is 23.9 Å². The van der Waals surface area contributed by atoms with Crippen molar-refractivity contribution in [3.8, 4) is 11.5 Å². The number of ether oxygens (including phenoxy) is 2. The summed E-state index contributed by atoms with van der Waals surface area (Å²) in [5.74, 6) is 1.48. The summed E-state index contributed by atoms with van der Waals surface area (Å²) in [5.41, 5.74) is 7.57. The lowest BCUT2D eigenvalue weighted by molar-refractivity contribution is -0.0969. The molecule has 1 aliphatic rings. The smallest absolute Gasteiger partial charge is 0.160 e. The first kappa shape index (κ1) is 14.9.